The minimum atomic E-state index is -1.30. The van der Waals surface area contributed by atoms with Crippen molar-refractivity contribution in [3.63, 3.8) is 0 Å². The molecule has 1 aliphatic heterocycles. The highest BCUT2D eigenvalue weighted by molar-refractivity contribution is 6.38. The lowest BCUT2D eigenvalue weighted by molar-refractivity contribution is -0.147. The fourth-order valence-corrected chi connectivity index (χ4v) is 5.08. The van der Waals surface area contributed by atoms with Crippen molar-refractivity contribution in [3.05, 3.63) is 0 Å². The van der Waals surface area contributed by atoms with Crippen molar-refractivity contribution in [2.45, 2.75) is 110 Å². The topological polar surface area (TPSA) is 171 Å². The summed E-state index contributed by atoms with van der Waals surface area (Å²) in [5.41, 5.74) is -1.46. The molecule has 1 heterocycles. The maximum Gasteiger partial charge on any atom is 0.408 e. The Bertz CT molecular complexity index is 952. The number of aliphatic carboxylic acids is 1. The van der Waals surface area contributed by atoms with E-state index in [9.17, 15) is 28.8 Å². The number of alkyl carbamates (subject to hydrolysis) is 1. The van der Waals surface area contributed by atoms with Crippen LogP contribution in [0.4, 0.5) is 4.79 Å². The lowest BCUT2D eigenvalue weighted by Crippen LogP contribution is -2.62. The van der Waals surface area contributed by atoms with Crippen LogP contribution in [0.2, 0.25) is 0 Å². The third-order valence-electron chi connectivity index (χ3n) is 6.72. The molecule has 0 aromatic heterocycles. The average Bonchev–Trinajstić information content (AvgIpc) is 3.39. The number of nitrogens with one attached hydrogen (secondary N) is 3. The zero-order valence-corrected chi connectivity index (χ0v) is 23.4. The Morgan fingerprint density at radius 3 is 2.16 bits per heavy atom. The molecule has 214 valence electrons. The maximum absolute atomic E-state index is 13.9. The van der Waals surface area contributed by atoms with Crippen molar-refractivity contribution in [3.8, 4) is 0 Å². The van der Waals surface area contributed by atoms with Crippen LogP contribution >= 0.6 is 0 Å². The van der Waals surface area contributed by atoms with Gasteiger partial charge < -0.3 is 30.7 Å². The van der Waals surface area contributed by atoms with Crippen LogP contribution in [0.3, 0.4) is 0 Å². The Morgan fingerprint density at radius 1 is 1.00 bits per heavy atom. The van der Waals surface area contributed by atoms with Gasteiger partial charge in [-0.2, -0.15) is 0 Å². The van der Waals surface area contributed by atoms with Crippen molar-refractivity contribution in [1.82, 2.24) is 20.9 Å². The fourth-order valence-electron chi connectivity index (χ4n) is 5.08. The first kappa shape index (κ1) is 31.0. The first-order valence-electron chi connectivity index (χ1n) is 13.1. The van der Waals surface area contributed by atoms with E-state index in [0.29, 0.717) is 12.8 Å². The van der Waals surface area contributed by atoms with Crippen molar-refractivity contribution in [2.75, 3.05) is 6.54 Å². The van der Waals surface area contributed by atoms with Gasteiger partial charge in [0, 0.05) is 6.04 Å². The number of hydrogen-bond acceptors (Lipinski definition) is 7. The number of carbonyl (C=O) groups excluding carboxylic acids is 5. The van der Waals surface area contributed by atoms with Gasteiger partial charge >= 0.3 is 12.1 Å². The lowest BCUT2D eigenvalue weighted by Gasteiger charge is -2.40. The number of hydrogen-bond donors (Lipinski definition) is 4. The molecule has 0 spiro atoms. The predicted octanol–water partition coefficient (Wildman–Crippen LogP) is 1.36. The molecule has 4 N–H and O–H groups in total. The largest absolute Gasteiger partial charge is 0.480 e. The Kier molecular flexibility index (Phi) is 9.90. The van der Waals surface area contributed by atoms with Crippen LogP contribution in [-0.4, -0.2) is 81.9 Å². The summed E-state index contributed by atoms with van der Waals surface area (Å²) >= 11 is 0. The van der Waals surface area contributed by atoms with Gasteiger partial charge in [-0.25, -0.2) is 4.79 Å². The standard InChI is InChI=1S/C26H42N4O8/c1-8-9-16(19(33)22(35)27-13-17(31)32)28-21(34)18-14-10-11-15(12-14)30(18)23(36)20(25(2,3)4)29-24(37)38-26(5,6)7/h14-16,18,20H,8-13H2,1-7H3,(H,27,35)(H,28,34)(H,29,37)(H,31,32)/t14?,15?,16?,18-,20+/m0/s1. The molecule has 5 atom stereocenters. The van der Waals surface area contributed by atoms with Crippen molar-refractivity contribution >= 4 is 35.6 Å². The molecule has 1 saturated carbocycles. The molecule has 2 fully saturated rings. The number of Topliss-reactive ketones (excluding diaryl/α,β-unsaturated/α-hetero) is 1. The van der Waals surface area contributed by atoms with Gasteiger partial charge in [0.25, 0.3) is 5.91 Å². The first-order chi connectivity index (χ1) is 17.5. The highest BCUT2D eigenvalue weighted by Crippen LogP contribution is 2.43. The summed E-state index contributed by atoms with van der Waals surface area (Å²) in [6.07, 6.45) is 1.99. The molecule has 1 aliphatic carbocycles. The molecule has 12 heteroatoms. The van der Waals surface area contributed by atoms with Crippen molar-refractivity contribution in [2.24, 2.45) is 11.3 Å². The highest BCUT2D eigenvalue weighted by atomic mass is 16.6. The predicted molar refractivity (Wildman–Crippen MR) is 137 cm³/mol. The van der Waals surface area contributed by atoms with Gasteiger partial charge in [0.2, 0.25) is 17.6 Å². The molecule has 2 bridgehead atoms. The second kappa shape index (κ2) is 12.1. The fraction of sp³-hybridized carbons (Fsp3) is 0.769. The summed E-state index contributed by atoms with van der Waals surface area (Å²) in [6.45, 7) is 11.6. The quantitative estimate of drug-likeness (QED) is 0.302. The van der Waals surface area contributed by atoms with E-state index in [2.05, 4.69) is 10.6 Å². The van der Waals surface area contributed by atoms with E-state index in [-0.39, 0.29) is 18.4 Å². The van der Waals surface area contributed by atoms with Gasteiger partial charge in [0.1, 0.15) is 24.2 Å². The first-order valence-corrected chi connectivity index (χ1v) is 13.1. The summed E-state index contributed by atoms with van der Waals surface area (Å²) < 4.78 is 5.36. The van der Waals surface area contributed by atoms with Gasteiger partial charge in [-0.3, -0.25) is 24.0 Å². The van der Waals surface area contributed by atoms with Crippen LogP contribution in [0, 0.1) is 11.3 Å². The number of piperidine rings is 1. The normalized spacial score (nSPS) is 22.3. The van der Waals surface area contributed by atoms with E-state index in [1.54, 1.807) is 27.7 Å². The third kappa shape index (κ3) is 7.91. The summed E-state index contributed by atoms with van der Waals surface area (Å²) in [5.74, 6) is -4.42. The number of carbonyl (C=O) groups is 6. The molecule has 2 aliphatic rings. The van der Waals surface area contributed by atoms with Crippen LogP contribution in [0.1, 0.15) is 80.6 Å². The molecular weight excluding hydrogens is 496 g/mol. The van der Waals surface area contributed by atoms with Crippen LogP contribution < -0.4 is 16.0 Å². The molecule has 0 aromatic carbocycles. The van der Waals surface area contributed by atoms with Gasteiger partial charge in [-0.1, -0.05) is 34.1 Å². The summed E-state index contributed by atoms with van der Waals surface area (Å²) in [5, 5.41) is 16.1. The molecule has 0 radical (unpaired) electrons. The number of ketones is 1. The zero-order chi connectivity index (χ0) is 29.0. The monoisotopic (exact) mass is 538 g/mol. The van der Waals surface area contributed by atoms with Gasteiger partial charge in [-0.05, 0) is 57.8 Å². The second-order valence-corrected chi connectivity index (χ2v) is 12.2. The molecule has 3 unspecified atom stereocenters. The van der Waals surface area contributed by atoms with Crippen LogP contribution in [0.15, 0.2) is 0 Å². The summed E-state index contributed by atoms with van der Waals surface area (Å²) in [6, 6.07) is -3.17. The van der Waals surface area contributed by atoms with E-state index in [1.165, 1.54) is 4.90 Å². The van der Waals surface area contributed by atoms with Crippen LogP contribution in [0.5, 0.6) is 0 Å². The Balaban J connectivity index is 2.25. The minimum Gasteiger partial charge on any atom is -0.480 e. The number of amides is 4. The molecule has 2 rings (SSSR count). The average molecular weight is 539 g/mol. The van der Waals surface area contributed by atoms with E-state index in [4.69, 9.17) is 9.84 Å². The van der Waals surface area contributed by atoms with Gasteiger partial charge in [-0.15, -0.1) is 0 Å². The molecule has 38 heavy (non-hydrogen) atoms. The summed E-state index contributed by atoms with van der Waals surface area (Å²) in [4.78, 5) is 77.1. The number of likely N-dealkylation sites (tertiary alicyclic amines) is 1. The van der Waals surface area contributed by atoms with Crippen molar-refractivity contribution < 1.29 is 38.6 Å². The summed E-state index contributed by atoms with van der Waals surface area (Å²) in [7, 11) is 0. The lowest BCUT2D eigenvalue weighted by atomic mass is 9.85. The van der Waals surface area contributed by atoms with E-state index >= 15 is 0 Å². The number of carboxylic acids is 1. The zero-order valence-electron chi connectivity index (χ0n) is 23.4. The number of nitrogens with zero attached hydrogens (tertiary/aromatic N) is 1. The minimum absolute atomic E-state index is 0.121. The highest BCUT2D eigenvalue weighted by Gasteiger charge is 2.54. The maximum atomic E-state index is 13.9. The molecule has 12 nitrogen and oxygen atoms in total. The Morgan fingerprint density at radius 2 is 1.63 bits per heavy atom. The van der Waals surface area contributed by atoms with Crippen molar-refractivity contribution in [1.29, 1.82) is 0 Å². The van der Waals surface area contributed by atoms with Crippen LogP contribution in [0.25, 0.3) is 0 Å². The SMILES string of the molecule is CCCC(NC(=O)[C@@H]1C2CCC(C2)N1C(=O)[C@@H](NC(=O)OC(C)(C)C)C(C)(C)C)C(=O)C(=O)NCC(=O)O. The third-order valence-corrected chi connectivity index (χ3v) is 6.72. The molecule has 1 saturated heterocycles. The van der Waals surface area contributed by atoms with Gasteiger partial charge in [0.05, 0.1) is 6.04 Å². The molecular formula is C26H42N4O8. The Hall–Kier alpha value is -3.18. The molecule has 0 aromatic rings. The van der Waals surface area contributed by atoms with E-state index < -0.39 is 71.3 Å². The Labute approximate surface area is 223 Å². The second-order valence-electron chi connectivity index (χ2n) is 12.2. The van der Waals surface area contributed by atoms with Crippen LogP contribution in [-0.2, 0) is 28.7 Å². The number of rotatable bonds is 10. The van der Waals surface area contributed by atoms with E-state index in [1.807, 2.05) is 26.1 Å². The number of ether oxygens (including phenoxy) is 1. The smallest absolute Gasteiger partial charge is 0.408 e. The van der Waals surface area contributed by atoms with Gasteiger partial charge in [0.15, 0.2) is 0 Å². The van der Waals surface area contributed by atoms with E-state index in [0.717, 1.165) is 12.8 Å². The number of fused-ring (bicyclic) bond motifs is 2. The number of carboxylic acid groups (broad SMARTS) is 1. The molecule has 4 amide bonds.